The molecule has 1 fully saturated rings. The van der Waals surface area contributed by atoms with E-state index in [-0.39, 0.29) is 17.9 Å². The van der Waals surface area contributed by atoms with Crippen LogP contribution in [0.15, 0.2) is 24.3 Å². The molecule has 1 aliphatic heterocycles. The molecule has 0 bridgehead atoms. The second kappa shape index (κ2) is 7.41. The maximum Gasteiger partial charge on any atom is 0.317 e. The van der Waals surface area contributed by atoms with Gasteiger partial charge in [-0.1, -0.05) is 19.1 Å². The molecule has 2 rings (SSSR count). The molecule has 1 heterocycles. The lowest BCUT2D eigenvalue weighted by atomic mass is 10.2. The van der Waals surface area contributed by atoms with Crippen LogP contribution in [0, 0.1) is 5.82 Å². The minimum absolute atomic E-state index is 0.0331. The number of rotatable bonds is 4. The number of benzene rings is 1. The zero-order valence-corrected chi connectivity index (χ0v) is 12.8. The van der Waals surface area contributed by atoms with Gasteiger partial charge in [0.2, 0.25) is 0 Å². The average Bonchev–Trinajstić information content (AvgIpc) is 2.50. The maximum atomic E-state index is 12.9. The third-order valence-corrected chi connectivity index (χ3v) is 3.96. The third-order valence-electron chi connectivity index (χ3n) is 3.96. The summed E-state index contributed by atoms with van der Waals surface area (Å²) in [5.41, 5.74) is 1.11. The molecule has 1 aliphatic rings. The van der Waals surface area contributed by atoms with Gasteiger partial charge in [0.25, 0.3) is 0 Å². The Labute approximate surface area is 125 Å². The number of hydrogen-bond acceptors (Lipinski definition) is 2. The molecule has 5 heteroatoms. The van der Waals surface area contributed by atoms with Crippen LogP contribution in [0.3, 0.4) is 0 Å². The van der Waals surface area contributed by atoms with E-state index in [1.807, 2.05) is 24.0 Å². The molecule has 0 radical (unpaired) electrons. The molecule has 2 amide bonds. The van der Waals surface area contributed by atoms with E-state index in [0.717, 1.165) is 44.7 Å². The maximum absolute atomic E-state index is 12.9. The van der Waals surface area contributed by atoms with Crippen LogP contribution in [0.5, 0.6) is 0 Å². The van der Waals surface area contributed by atoms with Gasteiger partial charge in [-0.25, -0.2) is 9.18 Å². The zero-order chi connectivity index (χ0) is 15.2. The van der Waals surface area contributed by atoms with Gasteiger partial charge in [0.1, 0.15) is 5.82 Å². The van der Waals surface area contributed by atoms with Crippen LogP contribution in [0.4, 0.5) is 9.18 Å². The van der Waals surface area contributed by atoms with Crippen molar-refractivity contribution in [1.29, 1.82) is 0 Å². The number of nitrogens with one attached hydrogen (secondary N) is 1. The lowest BCUT2D eigenvalue weighted by molar-refractivity contribution is 0.133. The van der Waals surface area contributed by atoms with E-state index in [1.54, 1.807) is 0 Å². The first kappa shape index (κ1) is 15.8. The van der Waals surface area contributed by atoms with Crippen molar-refractivity contribution in [2.75, 3.05) is 26.2 Å². The zero-order valence-electron chi connectivity index (χ0n) is 12.8. The van der Waals surface area contributed by atoms with Crippen molar-refractivity contribution in [2.24, 2.45) is 0 Å². The monoisotopic (exact) mass is 293 g/mol. The fourth-order valence-electron chi connectivity index (χ4n) is 2.36. The number of hydrogen-bond donors (Lipinski definition) is 1. The lowest BCUT2D eigenvalue weighted by Crippen LogP contribution is -2.52. The van der Waals surface area contributed by atoms with Crippen molar-refractivity contribution in [3.05, 3.63) is 35.6 Å². The Morgan fingerprint density at radius 1 is 1.24 bits per heavy atom. The Hall–Kier alpha value is -1.62. The van der Waals surface area contributed by atoms with Gasteiger partial charge in [-0.2, -0.15) is 0 Å². The predicted molar refractivity (Wildman–Crippen MR) is 81.5 cm³/mol. The average molecular weight is 293 g/mol. The van der Waals surface area contributed by atoms with Crippen molar-refractivity contribution in [3.63, 3.8) is 0 Å². The summed E-state index contributed by atoms with van der Waals surface area (Å²) >= 11 is 0. The Balaban J connectivity index is 1.77. The first-order valence-corrected chi connectivity index (χ1v) is 7.60. The largest absolute Gasteiger partial charge is 0.336 e. The van der Waals surface area contributed by atoms with Gasteiger partial charge in [-0.05, 0) is 31.0 Å². The Morgan fingerprint density at radius 3 is 2.43 bits per heavy atom. The molecule has 1 aromatic rings. The van der Waals surface area contributed by atoms with Crippen LogP contribution in [-0.4, -0.2) is 48.1 Å². The molecule has 4 nitrogen and oxygen atoms in total. The normalized spacial score (nSPS) is 17.6. The van der Waals surface area contributed by atoms with E-state index >= 15 is 0 Å². The fraction of sp³-hybridized carbons (Fsp3) is 0.562. The van der Waals surface area contributed by atoms with Crippen molar-refractivity contribution < 1.29 is 9.18 Å². The second-order valence-electron chi connectivity index (χ2n) is 5.65. The number of nitrogens with zero attached hydrogens (tertiary/aromatic N) is 2. The molecule has 21 heavy (non-hydrogen) atoms. The van der Waals surface area contributed by atoms with Crippen molar-refractivity contribution >= 4 is 6.03 Å². The van der Waals surface area contributed by atoms with Crippen LogP contribution >= 0.6 is 0 Å². The van der Waals surface area contributed by atoms with Gasteiger partial charge >= 0.3 is 6.03 Å². The lowest BCUT2D eigenvalue weighted by Gasteiger charge is -2.35. The van der Waals surface area contributed by atoms with Crippen LogP contribution in [0.1, 0.15) is 25.8 Å². The predicted octanol–water partition coefficient (Wildman–Crippen LogP) is 2.45. The smallest absolute Gasteiger partial charge is 0.317 e. The molecule has 0 aliphatic carbocycles. The van der Waals surface area contributed by atoms with E-state index < -0.39 is 0 Å². The highest BCUT2D eigenvalue weighted by Crippen LogP contribution is 2.10. The van der Waals surface area contributed by atoms with Crippen molar-refractivity contribution in [1.82, 2.24) is 15.1 Å². The van der Waals surface area contributed by atoms with Gasteiger partial charge in [0, 0.05) is 38.8 Å². The first-order valence-electron chi connectivity index (χ1n) is 7.60. The topological polar surface area (TPSA) is 35.6 Å². The molecular formula is C16H24FN3O. The number of carbonyl (C=O) groups excluding carboxylic acids is 1. The molecule has 1 N–H and O–H groups in total. The quantitative estimate of drug-likeness (QED) is 0.925. The number of halogens is 1. The van der Waals surface area contributed by atoms with E-state index in [4.69, 9.17) is 0 Å². The van der Waals surface area contributed by atoms with Gasteiger partial charge < -0.3 is 10.2 Å². The van der Waals surface area contributed by atoms with Crippen LogP contribution < -0.4 is 5.32 Å². The second-order valence-corrected chi connectivity index (χ2v) is 5.65. The Kier molecular flexibility index (Phi) is 5.56. The van der Waals surface area contributed by atoms with E-state index in [2.05, 4.69) is 17.1 Å². The van der Waals surface area contributed by atoms with Crippen LogP contribution in [-0.2, 0) is 6.54 Å². The summed E-state index contributed by atoms with van der Waals surface area (Å²) in [4.78, 5) is 16.2. The summed E-state index contributed by atoms with van der Waals surface area (Å²) in [6.07, 6.45) is 0.941. The summed E-state index contributed by atoms with van der Waals surface area (Å²) in [6, 6.07) is 6.87. The molecule has 0 saturated carbocycles. The molecular weight excluding hydrogens is 269 g/mol. The summed E-state index contributed by atoms with van der Waals surface area (Å²) in [7, 11) is 0. The fourth-order valence-corrected chi connectivity index (χ4v) is 2.36. The van der Waals surface area contributed by atoms with E-state index in [9.17, 15) is 9.18 Å². The van der Waals surface area contributed by atoms with E-state index in [0.29, 0.717) is 0 Å². The highest BCUT2D eigenvalue weighted by Gasteiger charge is 2.21. The first-order chi connectivity index (χ1) is 10.1. The Bertz CT molecular complexity index is 455. The number of amides is 2. The molecule has 1 atom stereocenters. The molecule has 0 spiro atoms. The van der Waals surface area contributed by atoms with Gasteiger partial charge in [-0.3, -0.25) is 4.90 Å². The summed E-state index contributed by atoms with van der Waals surface area (Å²) < 4.78 is 12.9. The molecule has 1 aromatic carbocycles. The number of piperazine rings is 1. The van der Waals surface area contributed by atoms with E-state index in [1.165, 1.54) is 12.1 Å². The number of carbonyl (C=O) groups is 1. The summed E-state index contributed by atoms with van der Waals surface area (Å²) in [5.74, 6) is -0.203. The Morgan fingerprint density at radius 2 is 1.86 bits per heavy atom. The minimum atomic E-state index is -0.203. The van der Waals surface area contributed by atoms with Gasteiger partial charge in [-0.15, -0.1) is 0 Å². The van der Waals surface area contributed by atoms with Gasteiger partial charge in [0.05, 0.1) is 0 Å². The number of urea groups is 1. The summed E-state index contributed by atoms with van der Waals surface area (Å²) in [6.45, 7) is 8.07. The SMILES string of the molecule is CCC(C)NC(=O)N1CCN(Cc2ccc(F)cc2)CC1. The van der Waals surface area contributed by atoms with Gasteiger partial charge in [0.15, 0.2) is 0 Å². The molecule has 0 aromatic heterocycles. The summed E-state index contributed by atoms with van der Waals surface area (Å²) in [5, 5.41) is 3.00. The molecule has 1 unspecified atom stereocenters. The highest BCUT2D eigenvalue weighted by atomic mass is 19.1. The van der Waals surface area contributed by atoms with Crippen molar-refractivity contribution in [2.45, 2.75) is 32.9 Å². The van der Waals surface area contributed by atoms with Crippen LogP contribution in [0.2, 0.25) is 0 Å². The minimum Gasteiger partial charge on any atom is -0.336 e. The molecule has 1 saturated heterocycles. The molecule has 116 valence electrons. The highest BCUT2D eigenvalue weighted by molar-refractivity contribution is 5.74. The third kappa shape index (κ3) is 4.70. The standard InChI is InChI=1S/C16H24FN3O/c1-3-13(2)18-16(21)20-10-8-19(9-11-20)12-14-4-6-15(17)7-5-14/h4-7,13H,3,8-12H2,1-2H3,(H,18,21). The van der Waals surface area contributed by atoms with Crippen molar-refractivity contribution in [3.8, 4) is 0 Å². The van der Waals surface area contributed by atoms with Crippen LogP contribution in [0.25, 0.3) is 0 Å².